The summed E-state index contributed by atoms with van der Waals surface area (Å²) in [5.41, 5.74) is 0. The molecule has 0 aromatic rings. The normalized spacial score (nSPS) is 8.45. The van der Waals surface area contributed by atoms with Gasteiger partial charge in [0.1, 0.15) is 0 Å². The van der Waals surface area contributed by atoms with Crippen LogP contribution in [0.15, 0.2) is 0 Å². The summed E-state index contributed by atoms with van der Waals surface area (Å²) >= 11 is 1.62. The molecule has 1 unspecified atom stereocenters. The van der Waals surface area contributed by atoms with E-state index in [1.165, 1.54) is 0 Å². The Morgan fingerprint density at radius 1 is 1.27 bits per heavy atom. The van der Waals surface area contributed by atoms with Gasteiger partial charge in [-0.15, -0.1) is 0 Å². The van der Waals surface area contributed by atoms with Crippen molar-refractivity contribution in [3.63, 3.8) is 0 Å². The monoisotopic (exact) mass is 253 g/mol. The molecule has 0 heterocycles. The van der Waals surface area contributed by atoms with Crippen molar-refractivity contribution in [1.82, 2.24) is 0 Å². The van der Waals surface area contributed by atoms with Crippen LogP contribution in [0.1, 0.15) is 42.5 Å². The summed E-state index contributed by atoms with van der Waals surface area (Å²) in [6.45, 7) is 8.17. The first kappa shape index (κ1) is 29.4. The molecule has 0 aromatic heterocycles. The van der Waals surface area contributed by atoms with Crippen molar-refractivity contribution < 1.29 is 32.7 Å². The molecular formula is C9H24SY-2. The molecule has 11 heavy (non-hydrogen) atoms. The molecule has 0 bridgehead atoms. The molecule has 1 radical (unpaired) electrons. The minimum atomic E-state index is 0. The molecule has 0 amide bonds. The molecule has 0 aliphatic carbocycles. The largest absolute Gasteiger partial charge is 0.383 e. The van der Waals surface area contributed by atoms with Crippen LogP contribution in [-0.2, 0) is 32.7 Å². The molecule has 1 atom stereocenters. The Balaban J connectivity index is -0.0000000222. The Morgan fingerprint density at radius 2 is 1.55 bits per heavy atom. The molecule has 0 saturated carbocycles. The fourth-order valence-electron chi connectivity index (χ4n) is 0.0962. The van der Waals surface area contributed by atoms with Gasteiger partial charge in [0.25, 0.3) is 0 Å². The Bertz CT molecular complexity index is 28.7. The van der Waals surface area contributed by atoms with E-state index in [4.69, 9.17) is 0 Å². The van der Waals surface area contributed by atoms with E-state index in [0.717, 1.165) is 0 Å². The molecule has 71 valence electrons. The van der Waals surface area contributed by atoms with E-state index in [-0.39, 0.29) is 47.6 Å². The fourth-order valence-corrected chi connectivity index (χ4v) is 0.289. The standard InChI is InChI=1S/C5H10S.C2H6.2CH4.Y/c1-4-5(2)6-3;1-2;;;/h4-5H,3H2,1-2H3;1-2H3;2*1H4;/q-2;;;;. The van der Waals surface area contributed by atoms with Gasteiger partial charge < -0.3 is 18.2 Å². The molecule has 0 aliphatic heterocycles. The van der Waals surface area contributed by atoms with Crippen molar-refractivity contribution in [2.24, 2.45) is 0 Å². The summed E-state index contributed by atoms with van der Waals surface area (Å²) in [6, 6.07) is 0. The fraction of sp³-hybridized carbons (Fsp3) is 0.778. The van der Waals surface area contributed by atoms with Crippen LogP contribution in [-0.4, -0.2) is 5.25 Å². The molecule has 0 nitrogen and oxygen atoms in total. The summed E-state index contributed by atoms with van der Waals surface area (Å²) in [7, 11) is 0. The maximum absolute atomic E-state index is 3.64. The van der Waals surface area contributed by atoms with Gasteiger partial charge in [-0.3, -0.25) is 6.26 Å². The third-order valence-electron chi connectivity index (χ3n) is 0.732. The number of rotatable bonds is 2. The summed E-state index contributed by atoms with van der Waals surface area (Å²) in [6.07, 6.45) is 5.76. The SMILES string of the molecule is C.C.CC.[CH2-]SC(C)[CH-]C.[Y]. The smallest absolute Gasteiger partial charge is 0 e. The van der Waals surface area contributed by atoms with E-state index in [0.29, 0.717) is 5.25 Å². The van der Waals surface area contributed by atoms with Gasteiger partial charge in [0, 0.05) is 32.7 Å². The van der Waals surface area contributed by atoms with Crippen molar-refractivity contribution in [2.75, 3.05) is 0 Å². The summed E-state index contributed by atoms with van der Waals surface area (Å²) < 4.78 is 0. The maximum Gasteiger partial charge on any atom is 0 e. The van der Waals surface area contributed by atoms with Crippen LogP contribution in [0.3, 0.4) is 0 Å². The van der Waals surface area contributed by atoms with Crippen molar-refractivity contribution in [1.29, 1.82) is 0 Å². The van der Waals surface area contributed by atoms with Gasteiger partial charge in [0.05, 0.1) is 0 Å². The minimum absolute atomic E-state index is 0. The van der Waals surface area contributed by atoms with E-state index in [1.807, 2.05) is 20.8 Å². The zero-order valence-electron chi connectivity index (χ0n) is 6.85. The molecule has 0 fully saturated rings. The average molecular weight is 253 g/mol. The molecule has 0 aliphatic rings. The second kappa shape index (κ2) is 30.1. The quantitative estimate of drug-likeness (QED) is 0.656. The van der Waals surface area contributed by atoms with Gasteiger partial charge in [0.15, 0.2) is 0 Å². The van der Waals surface area contributed by atoms with Crippen LogP contribution < -0.4 is 0 Å². The third-order valence-corrected chi connectivity index (χ3v) is 1.53. The second-order valence-corrected chi connectivity index (χ2v) is 2.28. The Hall–Kier alpha value is 1.45. The minimum Gasteiger partial charge on any atom is -0.383 e. The summed E-state index contributed by atoms with van der Waals surface area (Å²) in [5.74, 6) is 0. The van der Waals surface area contributed by atoms with Gasteiger partial charge in [-0.2, -0.15) is 12.2 Å². The molecular weight excluding hydrogens is 229 g/mol. The zero-order valence-corrected chi connectivity index (χ0v) is 10.5. The van der Waals surface area contributed by atoms with E-state index >= 15 is 0 Å². The van der Waals surface area contributed by atoms with Crippen LogP contribution in [0.4, 0.5) is 0 Å². The molecule has 0 spiro atoms. The Labute approximate surface area is 104 Å². The topological polar surface area (TPSA) is 0 Å². The first-order valence-electron chi connectivity index (χ1n) is 3.01. The predicted octanol–water partition coefficient (Wildman–Crippen LogP) is 4.42. The number of hydrogen-bond acceptors (Lipinski definition) is 1. The van der Waals surface area contributed by atoms with Crippen LogP contribution in [0.2, 0.25) is 0 Å². The van der Waals surface area contributed by atoms with Crippen LogP contribution in [0.25, 0.3) is 0 Å². The predicted molar refractivity (Wildman–Crippen MR) is 57.2 cm³/mol. The van der Waals surface area contributed by atoms with Crippen molar-refractivity contribution in [2.45, 2.75) is 47.8 Å². The Kier molecular flexibility index (Phi) is 80.3. The Morgan fingerprint density at radius 3 is 1.55 bits per heavy atom. The van der Waals surface area contributed by atoms with Gasteiger partial charge in [0.2, 0.25) is 0 Å². The van der Waals surface area contributed by atoms with E-state index in [9.17, 15) is 0 Å². The molecule has 2 heteroatoms. The van der Waals surface area contributed by atoms with Crippen LogP contribution in [0, 0.1) is 12.7 Å². The van der Waals surface area contributed by atoms with Crippen molar-refractivity contribution in [3.8, 4) is 0 Å². The first-order valence-corrected chi connectivity index (χ1v) is 4.06. The van der Waals surface area contributed by atoms with Gasteiger partial charge in [-0.25, -0.2) is 0 Å². The summed E-state index contributed by atoms with van der Waals surface area (Å²) in [5, 5.41) is 0.616. The van der Waals surface area contributed by atoms with Gasteiger partial charge in [-0.1, -0.05) is 35.6 Å². The van der Waals surface area contributed by atoms with Crippen molar-refractivity contribution in [3.05, 3.63) is 12.7 Å². The van der Waals surface area contributed by atoms with Crippen LogP contribution >= 0.6 is 11.8 Å². The second-order valence-electron chi connectivity index (χ2n) is 1.21. The van der Waals surface area contributed by atoms with E-state index in [1.54, 1.807) is 11.8 Å². The van der Waals surface area contributed by atoms with Gasteiger partial charge in [-0.05, 0) is 0 Å². The number of hydrogen-bond donors (Lipinski definition) is 0. The average Bonchev–Trinajstić information content (AvgIpc) is 1.91. The molecule has 0 aromatic carbocycles. The molecule has 0 N–H and O–H groups in total. The first-order chi connectivity index (χ1) is 3.81. The number of thioether (sulfide) groups is 1. The van der Waals surface area contributed by atoms with E-state index < -0.39 is 0 Å². The maximum atomic E-state index is 3.64. The third kappa shape index (κ3) is 34.4. The van der Waals surface area contributed by atoms with E-state index in [2.05, 4.69) is 19.6 Å². The van der Waals surface area contributed by atoms with Gasteiger partial charge >= 0.3 is 0 Å². The van der Waals surface area contributed by atoms with Crippen LogP contribution in [0.5, 0.6) is 0 Å². The van der Waals surface area contributed by atoms with Crippen molar-refractivity contribution >= 4 is 11.8 Å². The molecule has 0 rings (SSSR count). The molecule has 0 saturated heterocycles. The summed E-state index contributed by atoms with van der Waals surface area (Å²) in [4.78, 5) is 0. The zero-order chi connectivity index (χ0) is 6.99.